The van der Waals surface area contributed by atoms with Crippen molar-refractivity contribution in [3.63, 3.8) is 0 Å². The summed E-state index contributed by atoms with van der Waals surface area (Å²) >= 11 is 5.86. The summed E-state index contributed by atoms with van der Waals surface area (Å²) in [4.78, 5) is 28.5. The van der Waals surface area contributed by atoms with Gasteiger partial charge in [-0.25, -0.2) is 0 Å². The molecule has 1 aliphatic heterocycles. The van der Waals surface area contributed by atoms with Crippen molar-refractivity contribution in [2.24, 2.45) is 0 Å². The number of benzene rings is 2. The molecule has 0 radical (unpaired) electrons. The lowest BCUT2D eigenvalue weighted by atomic mass is 10.1. The topological polar surface area (TPSA) is 52.7 Å². The first-order valence-corrected chi connectivity index (χ1v) is 9.99. The number of carbonyl (C=O) groups is 2. The average Bonchev–Trinajstić information content (AvgIpc) is 2.69. The van der Waals surface area contributed by atoms with Gasteiger partial charge < -0.3 is 15.1 Å². The second-order valence-electron chi connectivity index (χ2n) is 7.11. The summed E-state index contributed by atoms with van der Waals surface area (Å²) in [5.41, 5.74) is 3.52. The van der Waals surface area contributed by atoms with Crippen molar-refractivity contribution >= 4 is 29.1 Å². The van der Waals surface area contributed by atoms with Gasteiger partial charge in [0.1, 0.15) is 6.42 Å². The Hall–Kier alpha value is -2.53. The Morgan fingerprint density at radius 3 is 2.43 bits per heavy atom. The zero-order valence-corrected chi connectivity index (χ0v) is 16.9. The SMILES string of the molecule is Cc1cccc(N2CCN(C(=O)CC(=O)NCCc3ccc(Cl)cc3)CC2)c1. The molecule has 1 N–H and O–H groups in total. The van der Waals surface area contributed by atoms with E-state index in [1.807, 2.05) is 24.3 Å². The van der Waals surface area contributed by atoms with Crippen molar-refractivity contribution < 1.29 is 9.59 Å². The van der Waals surface area contributed by atoms with Crippen LogP contribution in [0.25, 0.3) is 0 Å². The summed E-state index contributed by atoms with van der Waals surface area (Å²) in [5, 5.41) is 3.52. The lowest BCUT2D eigenvalue weighted by Crippen LogP contribution is -2.49. The minimum atomic E-state index is -0.222. The molecule has 0 aromatic heterocycles. The molecular formula is C22H26ClN3O2. The van der Waals surface area contributed by atoms with Gasteiger partial charge in [-0.05, 0) is 48.7 Å². The summed E-state index contributed by atoms with van der Waals surface area (Å²) < 4.78 is 0. The molecule has 2 aromatic rings. The lowest BCUT2D eigenvalue weighted by Gasteiger charge is -2.36. The van der Waals surface area contributed by atoms with Crippen LogP contribution < -0.4 is 10.2 Å². The molecule has 0 bridgehead atoms. The largest absolute Gasteiger partial charge is 0.368 e. The molecule has 6 heteroatoms. The van der Waals surface area contributed by atoms with E-state index in [0.29, 0.717) is 31.1 Å². The monoisotopic (exact) mass is 399 g/mol. The second-order valence-corrected chi connectivity index (χ2v) is 7.55. The number of carbonyl (C=O) groups excluding carboxylic acids is 2. The van der Waals surface area contributed by atoms with Crippen molar-refractivity contribution in [2.45, 2.75) is 19.8 Å². The highest BCUT2D eigenvalue weighted by Crippen LogP contribution is 2.18. The molecule has 1 aliphatic rings. The molecule has 1 fully saturated rings. The standard InChI is InChI=1S/C22H26ClN3O2/c1-17-3-2-4-20(15-17)25-11-13-26(14-12-25)22(28)16-21(27)24-10-9-18-5-7-19(23)8-6-18/h2-8,15H,9-14,16H2,1H3,(H,24,27). The first-order valence-electron chi connectivity index (χ1n) is 9.62. The number of hydrogen-bond donors (Lipinski definition) is 1. The fourth-order valence-corrected chi connectivity index (χ4v) is 3.47. The van der Waals surface area contributed by atoms with E-state index in [-0.39, 0.29) is 18.2 Å². The average molecular weight is 400 g/mol. The highest BCUT2D eigenvalue weighted by Gasteiger charge is 2.22. The maximum absolute atomic E-state index is 12.4. The Bertz CT molecular complexity index is 815. The zero-order chi connectivity index (χ0) is 19.9. The van der Waals surface area contributed by atoms with Gasteiger partial charge in [-0.3, -0.25) is 9.59 Å². The molecule has 28 heavy (non-hydrogen) atoms. The molecule has 3 rings (SSSR count). The van der Waals surface area contributed by atoms with Crippen molar-refractivity contribution in [1.82, 2.24) is 10.2 Å². The molecule has 1 saturated heterocycles. The van der Waals surface area contributed by atoms with Crippen LogP contribution in [-0.2, 0) is 16.0 Å². The van der Waals surface area contributed by atoms with Crippen LogP contribution >= 0.6 is 11.6 Å². The number of halogens is 1. The van der Waals surface area contributed by atoms with Gasteiger partial charge in [0.25, 0.3) is 0 Å². The van der Waals surface area contributed by atoms with E-state index in [1.54, 1.807) is 4.90 Å². The highest BCUT2D eigenvalue weighted by molar-refractivity contribution is 6.30. The van der Waals surface area contributed by atoms with Crippen LogP contribution in [0.4, 0.5) is 5.69 Å². The smallest absolute Gasteiger partial charge is 0.232 e. The van der Waals surface area contributed by atoms with Gasteiger partial charge in [-0.1, -0.05) is 35.9 Å². The molecule has 0 unspecified atom stereocenters. The van der Waals surface area contributed by atoms with Crippen LogP contribution in [0.1, 0.15) is 17.5 Å². The minimum absolute atomic E-state index is 0.0922. The van der Waals surface area contributed by atoms with E-state index in [1.165, 1.54) is 11.3 Å². The molecule has 0 atom stereocenters. The van der Waals surface area contributed by atoms with E-state index in [4.69, 9.17) is 11.6 Å². The number of nitrogens with one attached hydrogen (secondary N) is 1. The third-order valence-corrected chi connectivity index (χ3v) is 5.21. The molecule has 0 aliphatic carbocycles. The van der Waals surface area contributed by atoms with Gasteiger partial charge >= 0.3 is 0 Å². The number of rotatable bonds is 6. The highest BCUT2D eigenvalue weighted by atomic mass is 35.5. The van der Waals surface area contributed by atoms with Crippen LogP contribution in [0.2, 0.25) is 5.02 Å². The van der Waals surface area contributed by atoms with Gasteiger partial charge in [0.15, 0.2) is 0 Å². The fourth-order valence-electron chi connectivity index (χ4n) is 3.35. The molecule has 1 heterocycles. The number of piperazine rings is 1. The van der Waals surface area contributed by atoms with Gasteiger partial charge in [0.2, 0.25) is 11.8 Å². The second kappa shape index (κ2) is 9.60. The Kier molecular flexibility index (Phi) is 6.93. The van der Waals surface area contributed by atoms with Crippen LogP contribution in [0.5, 0.6) is 0 Å². The van der Waals surface area contributed by atoms with Crippen molar-refractivity contribution in [3.8, 4) is 0 Å². The fraction of sp³-hybridized carbons (Fsp3) is 0.364. The number of aryl methyl sites for hydroxylation is 1. The Morgan fingerprint density at radius 2 is 1.75 bits per heavy atom. The maximum atomic E-state index is 12.4. The Labute approximate surface area is 171 Å². The summed E-state index contributed by atoms with van der Waals surface area (Å²) in [6.07, 6.45) is 0.622. The molecule has 0 spiro atoms. The third-order valence-electron chi connectivity index (χ3n) is 4.96. The molecule has 2 aromatic carbocycles. The molecule has 5 nitrogen and oxygen atoms in total. The molecular weight excluding hydrogens is 374 g/mol. The number of amides is 2. The van der Waals surface area contributed by atoms with Crippen LogP contribution in [0.3, 0.4) is 0 Å². The van der Waals surface area contributed by atoms with Crippen LogP contribution in [0.15, 0.2) is 48.5 Å². The zero-order valence-electron chi connectivity index (χ0n) is 16.2. The molecule has 148 valence electrons. The normalized spacial score (nSPS) is 14.1. The third kappa shape index (κ3) is 5.73. The Balaban J connectivity index is 1.39. The van der Waals surface area contributed by atoms with E-state index in [9.17, 15) is 9.59 Å². The van der Waals surface area contributed by atoms with Gasteiger partial charge in [-0.15, -0.1) is 0 Å². The molecule has 2 amide bonds. The molecule has 0 saturated carbocycles. The Morgan fingerprint density at radius 1 is 1.04 bits per heavy atom. The van der Waals surface area contributed by atoms with Crippen LogP contribution in [-0.4, -0.2) is 49.4 Å². The lowest BCUT2D eigenvalue weighted by molar-refractivity contribution is -0.136. The first-order chi connectivity index (χ1) is 13.5. The first kappa shape index (κ1) is 20.2. The van der Waals surface area contributed by atoms with Crippen LogP contribution in [0, 0.1) is 6.92 Å². The number of hydrogen-bond acceptors (Lipinski definition) is 3. The summed E-state index contributed by atoms with van der Waals surface area (Å²) in [7, 11) is 0. The number of nitrogens with zero attached hydrogens (tertiary/aromatic N) is 2. The van der Waals surface area contributed by atoms with Gasteiger partial charge in [-0.2, -0.15) is 0 Å². The summed E-state index contributed by atoms with van der Waals surface area (Å²) in [6, 6.07) is 15.9. The van der Waals surface area contributed by atoms with E-state index < -0.39 is 0 Å². The van der Waals surface area contributed by atoms with E-state index >= 15 is 0 Å². The summed E-state index contributed by atoms with van der Waals surface area (Å²) in [5.74, 6) is -0.326. The van der Waals surface area contributed by atoms with E-state index in [0.717, 1.165) is 18.7 Å². The maximum Gasteiger partial charge on any atom is 0.232 e. The minimum Gasteiger partial charge on any atom is -0.368 e. The van der Waals surface area contributed by atoms with Crippen molar-refractivity contribution in [1.29, 1.82) is 0 Å². The predicted molar refractivity (Wildman–Crippen MR) is 113 cm³/mol. The van der Waals surface area contributed by atoms with Crippen molar-refractivity contribution in [2.75, 3.05) is 37.6 Å². The summed E-state index contributed by atoms with van der Waals surface area (Å²) in [6.45, 7) is 5.44. The van der Waals surface area contributed by atoms with Gasteiger partial charge in [0, 0.05) is 43.4 Å². The predicted octanol–water partition coefficient (Wildman–Crippen LogP) is 3.05. The van der Waals surface area contributed by atoms with E-state index in [2.05, 4.69) is 41.4 Å². The quantitative estimate of drug-likeness (QED) is 0.759. The van der Waals surface area contributed by atoms with Gasteiger partial charge in [0.05, 0.1) is 0 Å². The number of anilines is 1. The van der Waals surface area contributed by atoms with Crippen molar-refractivity contribution in [3.05, 3.63) is 64.7 Å².